The van der Waals surface area contributed by atoms with Crippen LogP contribution < -0.4 is 19.5 Å². The number of amides is 2. The minimum atomic E-state index is -4.29. The Kier molecular flexibility index (Phi) is 9.09. The lowest BCUT2D eigenvalue weighted by Crippen LogP contribution is -2.47. The maximum absolute atomic E-state index is 13.4. The van der Waals surface area contributed by atoms with Gasteiger partial charge in [-0.05, 0) is 43.2 Å². The number of nitrogens with zero attached hydrogens (tertiary/aromatic N) is 2. The minimum absolute atomic E-state index is 0.0335. The molecule has 2 heterocycles. The van der Waals surface area contributed by atoms with Gasteiger partial charge in [0.15, 0.2) is 11.5 Å². The van der Waals surface area contributed by atoms with Gasteiger partial charge in [-0.2, -0.15) is 13.2 Å². The van der Waals surface area contributed by atoms with Crippen molar-refractivity contribution in [1.82, 2.24) is 9.80 Å². The normalized spacial score (nSPS) is 22.1. The van der Waals surface area contributed by atoms with Crippen molar-refractivity contribution in [2.75, 3.05) is 52.5 Å². The summed E-state index contributed by atoms with van der Waals surface area (Å²) in [7, 11) is 3.16. The quantitative estimate of drug-likeness (QED) is 0.574. The number of nitrogens with one attached hydrogen (secondary N) is 1. The van der Waals surface area contributed by atoms with Crippen LogP contribution in [0.25, 0.3) is 0 Å². The highest BCUT2D eigenvalue weighted by atomic mass is 19.4. The van der Waals surface area contributed by atoms with Gasteiger partial charge < -0.3 is 29.2 Å². The lowest BCUT2D eigenvalue weighted by Gasteiger charge is -2.36. The molecule has 0 fully saturated rings. The maximum Gasteiger partial charge on any atom is 0.390 e. The van der Waals surface area contributed by atoms with Crippen LogP contribution in [0.5, 0.6) is 17.2 Å². The van der Waals surface area contributed by atoms with Crippen LogP contribution in [-0.4, -0.2) is 87.1 Å². The Morgan fingerprint density at radius 2 is 1.80 bits per heavy atom. The van der Waals surface area contributed by atoms with Crippen molar-refractivity contribution < 1.29 is 41.7 Å². The summed E-state index contributed by atoms with van der Waals surface area (Å²) in [5, 5.41) is 2.80. The number of carbonyl (C=O) groups is 2. The fourth-order valence-corrected chi connectivity index (χ4v) is 4.75. The molecule has 2 amide bonds. The Morgan fingerprint density at radius 3 is 2.52 bits per heavy atom. The summed E-state index contributed by atoms with van der Waals surface area (Å²) < 4.78 is 61.5. The Bertz CT molecular complexity index is 1220. The van der Waals surface area contributed by atoms with Gasteiger partial charge in [0.05, 0.1) is 18.1 Å². The van der Waals surface area contributed by atoms with E-state index in [0.717, 1.165) is 0 Å². The number of halogens is 3. The summed E-state index contributed by atoms with van der Waals surface area (Å²) >= 11 is 0. The average molecular weight is 566 g/mol. The highest BCUT2D eigenvalue weighted by Crippen LogP contribution is 2.33. The first kappa shape index (κ1) is 29.5. The van der Waals surface area contributed by atoms with Gasteiger partial charge in [-0.1, -0.05) is 6.92 Å². The molecule has 40 heavy (non-hydrogen) atoms. The smallest absolute Gasteiger partial charge is 0.390 e. The van der Waals surface area contributed by atoms with Crippen LogP contribution in [0, 0.1) is 5.92 Å². The van der Waals surface area contributed by atoms with E-state index in [1.54, 1.807) is 55.3 Å². The van der Waals surface area contributed by atoms with Gasteiger partial charge >= 0.3 is 6.18 Å². The second kappa shape index (κ2) is 12.3. The van der Waals surface area contributed by atoms with Crippen LogP contribution in [-0.2, 0) is 4.74 Å². The molecule has 0 unspecified atom stereocenters. The number of hydrogen-bond donors (Lipinski definition) is 1. The number of carbonyl (C=O) groups excluding carboxylic acids is 2. The van der Waals surface area contributed by atoms with E-state index in [9.17, 15) is 22.8 Å². The molecular formula is C28H34F3N3O6. The molecule has 0 aliphatic carbocycles. The lowest BCUT2D eigenvalue weighted by molar-refractivity contribution is -0.140. The van der Waals surface area contributed by atoms with Crippen LogP contribution in [0.3, 0.4) is 0 Å². The summed E-state index contributed by atoms with van der Waals surface area (Å²) in [6.07, 6.45) is -5.64. The fraction of sp³-hybridized carbons (Fsp3) is 0.500. The SMILES string of the molecule is CO[C@@H]1CN(C)C(=O)c2ccc(NC(=O)c3ccc4c(c3)OCO4)cc2OC[C@H](C)N(CCC(F)(F)F)C[C@H]1C. The summed E-state index contributed by atoms with van der Waals surface area (Å²) in [6, 6.07) is 9.14. The second-order valence-electron chi connectivity index (χ2n) is 10.2. The molecule has 1 N–H and O–H groups in total. The van der Waals surface area contributed by atoms with E-state index in [1.807, 2.05) is 6.92 Å². The van der Waals surface area contributed by atoms with E-state index in [4.69, 9.17) is 18.9 Å². The molecule has 0 radical (unpaired) electrons. The third-order valence-electron chi connectivity index (χ3n) is 7.15. The van der Waals surface area contributed by atoms with Crippen molar-refractivity contribution >= 4 is 17.5 Å². The molecule has 2 aliphatic heterocycles. The molecule has 218 valence electrons. The highest BCUT2D eigenvalue weighted by molar-refractivity contribution is 6.05. The van der Waals surface area contributed by atoms with E-state index in [2.05, 4.69) is 5.32 Å². The zero-order chi connectivity index (χ0) is 29.0. The molecule has 0 spiro atoms. The molecule has 0 aromatic heterocycles. The van der Waals surface area contributed by atoms with Crippen molar-refractivity contribution in [3.05, 3.63) is 47.5 Å². The zero-order valence-corrected chi connectivity index (χ0v) is 22.9. The fourth-order valence-electron chi connectivity index (χ4n) is 4.75. The van der Waals surface area contributed by atoms with Crippen molar-refractivity contribution in [3.8, 4) is 17.2 Å². The lowest BCUT2D eigenvalue weighted by atomic mass is 10.0. The Hall–Kier alpha value is -3.51. The van der Waals surface area contributed by atoms with Crippen molar-refractivity contribution in [1.29, 1.82) is 0 Å². The van der Waals surface area contributed by atoms with E-state index >= 15 is 0 Å². The largest absolute Gasteiger partial charge is 0.491 e. The van der Waals surface area contributed by atoms with Gasteiger partial charge in [0.1, 0.15) is 12.4 Å². The number of anilines is 1. The number of fused-ring (bicyclic) bond motifs is 2. The van der Waals surface area contributed by atoms with E-state index < -0.39 is 30.7 Å². The number of rotatable bonds is 5. The van der Waals surface area contributed by atoms with Crippen LogP contribution in [0.4, 0.5) is 18.9 Å². The third-order valence-corrected chi connectivity index (χ3v) is 7.15. The first-order valence-corrected chi connectivity index (χ1v) is 13.0. The van der Waals surface area contributed by atoms with E-state index in [0.29, 0.717) is 29.3 Å². The average Bonchev–Trinajstić information content (AvgIpc) is 3.39. The molecule has 0 saturated heterocycles. The molecule has 2 aromatic rings. The maximum atomic E-state index is 13.4. The summed E-state index contributed by atoms with van der Waals surface area (Å²) in [6.45, 7) is 4.18. The summed E-state index contributed by atoms with van der Waals surface area (Å²) in [5.74, 6) is 0.374. The van der Waals surface area contributed by atoms with E-state index in [-0.39, 0.29) is 49.6 Å². The second-order valence-corrected chi connectivity index (χ2v) is 10.2. The van der Waals surface area contributed by atoms with Crippen molar-refractivity contribution in [2.24, 2.45) is 5.92 Å². The van der Waals surface area contributed by atoms with Crippen LogP contribution in [0.2, 0.25) is 0 Å². The molecule has 0 saturated carbocycles. The Balaban J connectivity index is 1.59. The molecule has 9 nitrogen and oxygen atoms in total. The van der Waals surface area contributed by atoms with Gasteiger partial charge in [-0.3, -0.25) is 14.5 Å². The first-order valence-electron chi connectivity index (χ1n) is 13.0. The van der Waals surface area contributed by atoms with Gasteiger partial charge in [-0.15, -0.1) is 0 Å². The molecular weight excluding hydrogens is 531 g/mol. The molecule has 4 rings (SSSR count). The number of methoxy groups -OCH3 is 1. The first-order chi connectivity index (χ1) is 18.9. The number of hydrogen-bond acceptors (Lipinski definition) is 7. The van der Waals surface area contributed by atoms with Gasteiger partial charge in [0.2, 0.25) is 6.79 Å². The van der Waals surface area contributed by atoms with E-state index in [1.165, 1.54) is 12.0 Å². The topological polar surface area (TPSA) is 89.6 Å². The summed E-state index contributed by atoms with van der Waals surface area (Å²) in [5.41, 5.74) is 0.997. The molecule has 2 aromatic carbocycles. The van der Waals surface area contributed by atoms with Crippen LogP contribution in [0.1, 0.15) is 41.0 Å². The monoisotopic (exact) mass is 565 g/mol. The van der Waals surface area contributed by atoms with Crippen LogP contribution >= 0.6 is 0 Å². The highest BCUT2D eigenvalue weighted by Gasteiger charge is 2.32. The zero-order valence-electron chi connectivity index (χ0n) is 22.9. The molecule has 3 atom stereocenters. The van der Waals surface area contributed by atoms with Crippen molar-refractivity contribution in [3.63, 3.8) is 0 Å². The van der Waals surface area contributed by atoms with Crippen molar-refractivity contribution in [2.45, 2.75) is 38.6 Å². The number of likely N-dealkylation sites (N-methyl/N-ethyl adjacent to an activating group) is 1. The third kappa shape index (κ3) is 7.16. The molecule has 2 aliphatic rings. The number of benzene rings is 2. The van der Waals surface area contributed by atoms with Gasteiger partial charge in [-0.25, -0.2) is 0 Å². The minimum Gasteiger partial charge on any atom is -0.491 e. The number of ether oxygens (including phenoxy) is 4. The Labute approximate surface area is 231 Å². The summed E-state index contributed by atoms with van der Waals surface area (Å²) in [4.78, 5) is 29.5. The molecule has 12 heteroatoms. The Morgan fingerprint density at radius 1 is 1.05 bits per heavy atom. The predicted molar refractivity (Wildman–Crippen MR) is 141 cm³/mol. The standard InChI is InChI=1S/C28H34F3N3O6/c1-17-13-34(10-9-28(29,30)31)18(2)15-38-23-12-20(6-7-21(23)27(36)33(3)14-25(17)37-4)32-26(35)19-5-8-22-24(11-19)40-16-39-22/h5-8,11-12,17-18,25H,9-10,13-16H2,1-4H3,(H,32,35)/t17-,18+,25-/m1/s1. The van der Waals surface area contributed by atoms with Crippen LogP contribution in [0.15, 0.2) is 36.4 Å². The van der Waals surface area contributed by atoms with Gasteiger partial charge in [0.25, 0.3) is 11.8 Å². The van der Waals surface area contributed by atoms with Gasteiger partial charge in [0, 0.05) is 57.2 Å². The number of alkyl halides is 3. The predicted octanol–water partition coefficient (Wildman–Crippen LogP) is 4.43. The molecule has 0 bridgehead atoms.